The highest BCUT2D eigenvalue weighted by molar-refractivity contribution is 7.09. The van der Waals surface area contributed by atoms with Crippen molar-refractivity contribution in [2.45, 2.75) is 12.5 Å². The number of rotatable bonds is 3. The second-order valence-electron chi connectivity index (χ2n) is 2.79. The van der Waals surface area contributed by atoms with Gasteiger partial charge in [-0.1, -0.05) is 0 Å². The number of thiazole rings is 1. The van der Waals surface area contributed by atoms with Crippen LogP contribution in [0, 0.1) is 0 Å². The summed E-state index contributed by atoms with van der Waals surface area (Å²) < 4.78 is 4.96. The third-order valence-corrected chi connectivity index (χ3v) is 2.65. The van der Waals surface area contributed by atoms with Gasteiger partial charge in [0.2, 0.25) is 0 Å². The van der Waals surface area contributed by atoms with E-state index in [1.807, 2.05) is 11.4 Å². The van der Waals surface area contributed by atoms with E-state index in [9.17, 15) is 0 Å². The first-order valence-corrected chi connectivity index (χ1v) is 4.90. The van der Waals surface area contributed by atoms with Gasteiger partial charge in [-0.05, 0) is 6.07 Å². The molecular weight excluding hydrogens is 184 g/mol. The standard InChI is InChI=1S/C9H10N2OS/c10-8(7-1-3-12-6-7)5-9-11-2-4-13-9/h1-4,6,8H,5,10H2. The molecule has 2 rings (SSSR count). The smallest absolute Gasteiger partial charge is 0.0950 e. The van der Waals surface area contributed by atoms with E-state index in [1.54, 1.807) is 30.1 Å². The van der Waals surface area contributed by atoms with Gasteiger partial charge < -0.3 is 10.2 Å². The molecule has 0 aromatic carbocycles. The van der Waals surface area contributed by atoms with Gasteiger partial charge in [-0.15, -0.1) is 11.3 Å². The number of nitrogens with two attached hydrogens (primary N) is 1. The zero-order valence-electron chi connectivity index (χ0n) is 7.01. The topological polar surface area (TPSA) is 52.0 Å². The summed E-state index contributed by atoms with van der Waals surface area (Å²) >= 11 is 1.63. The Bertz CT molecular complexity index is 342. The molecule has 1 atom stereocenters. The quantitative estimate of drug-likeness (QED) is 0.812. The lowest BCUT2D eigenvalue weighted by Gasteiger charge is -2.05. The average Bonchev–Trinajstić information content (AvgIpc) is 2.74. The maximum atomic E-state index is 5.94. The van der Waals surface area contributed by atoms with Crippen LogP contribution in [0.15, 0.2) is 34.6 Å². The first kappa shape index (κ1) is 8.47. The summed E-state index contributed by atoms with van der Waals surface area (Å²) in [7, 11) is 0. The predicted molar refractivity (Wildman–Crippen MR) is 51.5 cm³/mol. The lowest BCUT2D eigenvalue weighted by atomic mass is 10.1. The normalized spacial score (nSPS) is 13.0. The van der Waals surface area contributed by atoms with E-state index in [1.165, 1.54) is 0 Å². The molecule has 0 radical (unpaired) electrons. The fraction of sp³-hybridized carbons (Fsp3) is 0.222. The average molecular weight is 194 g/mol. The van der Waals surface area contributed by atoms with Crippen molar-refractivity contribution < 1.29 is 4.42 Å². The number of nitrogens with zero attached hydrogens (tertiary/aromatic N) is 1. The number of furan rings is 1. The van der Waals surface area contributed by atoms with Crippen molar-refractivity contribution in [3.05, 3.63) is 40.7 Å². The van der Waals surface area contributed by atoms with Crippen LogP contribution >= 0.6 is 11.3 Å². The molecule has 0 fully saturated rings. The van der Waals surface area contributed by atoms with Crippen LogP contribution in [-0.4, -0.2) is 4.98 Å². The third-order valence-electron chi connectivity index (χ3n) is 1.85. The molecule has 0 aliphatic carbocycles. The lowest BCUT2D eigenvalue weighted by molar-refractivity contribution is 0.558. The molecule has 0 amide bonds. The predicted octanol–water partition coefficient (Wildman–Crippen LogP) is 1.98. The number of hydrogen-bond acceptors (Lipinski definition) is 4. The molecule has 68 valence electrons. The van der Waals surface area contributed by atoms with Crippen molar-refractivity contribution >= 4 is 11.3 Å². The number of hydrogen-bond donors (Lipinski definition) is 1. The maximum absolute atomic E-state index is 5.94. The van der Waals surface area contributed by atoms with Crippen LogP contribution in [0.4, 0.5) is 0 Å². The third kappa shape index (κ3) is 1.96. The first-order valence-electron chi connectivity index (χ1n) is 4.02. The van der Waals surface area contributed by atoms with E-state index in [0.717, 1.165) is 17.0 Å². The summed E-state index contributed by atoms with van der Waals surface area (Å²) in [6.07, 6.45) is 5.88. The highest BCUT2D eigenvalue weighted by atomic mass is 32.1. The molecule has 1 unspecified atom stereocenters. The summed E-state index contributed by atoms with van der Waals surface area (Å²) in [5.41, 5.74) is 6.96. The maximum Gasteiger partial charge on any atom is 0.0950 e. The SMILES string of the molecule is NC(Cc1nccs1)c1ccoc1. The molecule has 2 aromatic rings. The van der Waals surface area contributed by atoms with Gasteiger partial charge in [-0.25, -0.2) is 4.98 Å². The van der Waals surface area contributed by atoms with Gasteiger partial charge in [0.25, 0.3) is 0 Å². The van der Waals surface area contributed by atoms with Crippen LogP contribution in [0.25, 0.3) is 0 Å². The fourth-order valence-corrected chi connectivity index (χ4v) is 1.82. The van der Waals surface area contributed by atoms with E-state index in [2.05, 4.69) is 4.98 Å². The molecule has 0 bridgehead atoms. The van der Waals surface area contributed by atoms with Crippen molar-refractivity contribution in [1.29, 1.82) is 0 Å². The van der Waals surface area contributed by atoms with Gasteiger partial charge in [-0.2, -0.15) is 0 Å². The Morgan fingerprint density at radius 3 is 3.15 bits per heavy atom. The largest absolute Gasteiger partial charge is 0.472 e. The highest BCUT2D eigenvalue weighted by Gasteiger charge is 2.09. The molecule has 2 aromatic heterocycles. The molecule has 2 heterocycles. The Balaban J connectivity index is 2.04. The monoisotopic (exact) mass is 194 g/mol. The molecule has 0 aliphatic heterocycles. The molecule has 3 nitrogen and oxygen atoms in total. The van der Waals surface area contributed by atoms with Gasteiger partial charge >= 0.3 is 0 Å². The second-order valence-corrected chi connectivity index (χ2v) is 3.77. The minimum atomic E-state index is -0.00935. The summed E-state index contributed by atoms with van der Waals surface area (Å²) in [4.78, 5) is 4.17. The lowest BCUT2D eigenvalue weighted by Crippen LogP contribution is -2.12. The first-order chi connectivity index (χ1) is 6.36. The Labute approximate surface area is 80.2 Å². The molecule has 0 spiro atoms. The summed E-state index contributed by atoms with van der Waals surface area (Å²) in [6.45, 7) is 0. The van der Waals surface area contributed by atoms with Crippen molar-refractivity contribution in [3.8, 4) is 0 Å². The molecule has 0 aliphatic rings. The Morgan fingerprint density at radius 1 is 1.62 bits per heavy atom. The Hall–Kier alpha value is -1.13. The van der Waals surface area contributed by atoms with Gasteiger partial charge in [0, 0.05) is 29.6 Å². The minimum absolute atomic E-state index is 0.00935. The molecule has 0 saturated carbocycles. The van der Waals surface area contributed by atoms with Gasteiger partial charge in [0.05, 0.1) is 17.5 Å². The van der Waals surface area contributed by atoms with Crippen LogP contribution in [0.5, 0.6) is 0 Å². The van der Waals surface area contributed by atoms with E-state index < -0.39 is 0 Å². The molecule has 13 heavy (non-hydrogen) atoms. The zero-order chi connectivity index (χ0) is 9.10. The van der Waals surface area contributed by atoms with E-state index >= 15 is 0 Å². The summed E-state index contributed by atoms with van der Waals surface area (Å²) in [5, 5.41) is 3.02. The van der Waals surface area contributed by atoms with Crippen LogP contribution in [0.1, 0.15) is 16.6 Å². The second kappa shape index (κ2) is 3.72. The van der Waals surface area contributed by atoms with Crippen molar-refractivity contribution in [2.75, 3.05) is 0 Å². The van der Waals surface area contributed by atoms with Gasteiger partial charge in [0.15, 0.2) is 0 Å². The van der Waals surface area contributed by atoms with Crippen molar-refractivity contribution in [3.63, 3.8) is 0 Å². The minimum Gasteiger partial charge on any atom is -0.472 e. The van der Waals surface area contributed by atoms with Gasteiger partial charge in [-0.3, -0.25) is 0 Å². The highest BCUT2D eigenvalue weighted by Crippen LogP contribution is 2.17. The summed E-state index contributed by atoms with van der Waals surface area (Å²) in [6, 6.07) is 1.88. The molecule has 0 saturated heterocycles. The van der Waals surface area contributed by atoms with E-state index in [4.69, 9.17) is 10.2 Å². The Morgan fingerprint density at radius 2 is 2.54 bits per heavy atom. The molecule has 4 heteroatoms. The van der Waals surface area contributed by atoms with Crippen LogP contribution in [0.2, 0.25) is 0 Å². The van der Waals surface area contributed by atoms with E-state index in [0.29, 0.717) is 0 Å². The summed E-state index contributed by atoms with van der Waals surface area (Å²) in [5.74, 6) is 0. The fourth-order valence-electron chi connectivity index (χ4n) is 1.15. The number of aromatic nitrogens is 1. The van der Waals surface area contributed by atoms with Gasteiger partial charge in [0.1, 0.15) is 0 Å². The van der Waals surface area contributed by atoms with Crippen LogP contribution in [-0.2, 0) is 6.42 Å². The molecule has 2 N–H and O–H groups in total. The van der Waals surface area contributed by atoms with Crippen LogP contribution < -0.4 is 5.73 Å². The van der Waals surface area contributed by atoms with E-state index in [-0.39, 0.29) is 6.04 Å². The zero-order valence-corrected chi connectivity index (χ0v) is 7.83. The van der Waals surface area contributed by atoms with Crippen molar-refractivity contribution in [2.24, 2.45) is 5.73 Å². The molecular formula is C9H10N2OS. The Kier molecular flexibility index (Phi) is 2.42. The van der Waals surface area contributed by atoms with Crippen LogP contribution in [0.3, 0.4) is 0 Å². The van der Waals surface area contributed by atoms with Crippen molar-refractivity contribution in [1.82, 2.24) is 4.98 Å².